The van der Waals surface area contributed by atoms with Crippen LogP contribution >= 0.6 is 0 Å². The maximum absolute atomic E-state index is 13.3. The molecule has 0 saturated carbocycles. The van der Waals surface area contributed by atoms with E-state index in [9.17, 15) is 63.0 Å². The van der Waals surface area contributed by atoms with E-state index in [1.165, 1.54) is 27.7 Å². The van der Waals surface area contributed by atoms with Gasteiger partial charge in [-0.2, -0.15) is 48.3 Å². The van der Waals surface area contributed by atoms with Crippen molar-refractivity contribution < 1.29 is 87.0 Å². The SMILES string of the molecule is C=C(C)C(=O)OC1(C(F)(F)F)CC(F)(F)OC(O)(C(F)(F)F)C1.C=C(C)C(=O)OC1(C)CC(C)(C)OC(O)(C(F)(F)F)C1. The van der Waals surface area contributed by atoms with Gasteiger partial charge in [-0.1, -0.05) is 13.2 Å². The summed E-state index contributed by atoms with van der Waals surface area (Å²) < 4.78 is 160. The van der Waals surface area contributed by atoms with E-state index in [0.29, 0.717) is 0 Å². The average Bonchev–Trinajstić information content (AvgIpc) is 2.67. The van der Waals surface area contributed by atoms with Gasteiger partial charge in [0.2, 0.25) is 5.60 Å². The van der Waals surface area contributed by atoms with Crippen LogP contribution in [0.1, 0.15) is 60.3 Å². The molecule has 2 aliphatic rings. The smallest absolute Gasteiger partial charge is 0.443 e. The molecular formula is C24H29F11O8. The second kappa shape index (κ2) is 11.4. The van der Waals surface area contributed by atoms with Gasteiger partial charge >= 0.3 is 36.6 Å². The number of aliphatic hydroxyl groups is 2. The van der Waals surface area contributed by atoms with Crippen molar-refractivity contribution in [2.45, 2.75) is 113 Å². The van der Waals surface area contributed by atoms with Crippen molar-refractivity contribution in [2.75, 3.05) is 0 Å². The van der Waals surface area contributed by atoms with Crippen molar-refractivity contribution >= 4 is 11.9 Å². The third-order valence-corrected chi connectivity index (χ3v) is 5.92. The molecule has 0 aliphatic carbocycles. The number of rotatable bonds is 4. The number of alkyl halides is 11. The van der Waals surface area contributed by atoms with Crippen LogP contribution in [0.15, 0.2) is 24.3 Å². The lowest BCUT2D eigenvalue weighted by Gasteiger charge is -2.49. The molecule has 2 heterocycles. The zero-order valence-corrected chi connectivity index (χ0v) is 23.2. The third kappa shape index (κ3) is 9.01. The van der Waals surface area contributed by atoms with Crippen LogP contribution in [0.3, 0.4) is 0 Å². The number of halogens is 11. The number of carbonyl (C=O) groups is 2. The van der Waals surface area contributed by atoms with Gasteiger partial charge in [0.1, 0.15) is 5.60 Å². The van der Waals surface area contributed by atoms with Crippen LogP contribution in [0.5, 0.6) is 0 Å². The third-order valence-electron chi connectivity index (χ3n) is 5.92. The second-order valence-electron chi connectivity index (χ2n) is 11.2. The predicted molar refractivity (Wildman–Crippen MR) is 121 cm³/mol. The summed E-state index contributed by atoms with van der Waals surface area (Å²) >= 11 is 0. The number of hydrogen-bond acceptors (Lipinski definition) is 8. The van der Waals surface area contributed by atoms with E-state index >= 15 is 0 Å². The highest BCUT2D eigenvalue weighted by atomic mass is 19.4. The van der Waals surface area contributed by atoms with E-state index in [1.807, 2.05) is 0 Å². The number of ether oxygens (including phenoxy) is 4. The van der Waals surface area contributed by atoms with Crippen molar-refractivity contribution in [3.8, 4) is 0 Å². The zero-order valence-electron chi connectivity index (χ0n) is 23.2. The Morgan fingerprint density at radius 2 is 1.07 bits per heavy atom. The summed E-state index contributed by atoms with van der Waals surface area (Å²) in [5, 5.41) is 18.9. The molecule has 0 aromatic rings. The van der Waals surface area contributed by atoms with Crippen LogP contribution in [0.2, 0.25) is 0 Å². The minimum absolute atomic E-state index is 0.0252. The molecule has 2 fully saturated rings. The van der Waals surface area contributed by atoms with Gasteiger partial charge in [-0.25, -0.2) is 9.59 Å². The minimum atomic E-state index is -6.00. The van der Waals surface area contributed by atoms with Gasteiger partial charge in [-0.05, 0) is 34.6 Å². The Labute approximate surface area is 237 Å². The molecule has 2 aliphatic heterocycles. The Morgan fingerprint density at radius 3 is 1.44 bits per heavy atom. The second-order valence-corrected chi connectivity index (χ2v) is 11.2. The van der Waals surface area contributed by atoms with Crippen LogP contribution in [0, 0.1) is 0 Å². The molecule has 250 valence electrons. The summed E-state index contributed by atoms with van der Waals surface area (Å²) in [5.74, 6) is -10.8. The summed E-state index contributed by atoms with van der Waals surface area (Å²) in [6.45, 7) is 12.7. The fourth-order valence-electron chi connectivity index (χ4n) is 4.39. The van der Waals surface area contributed by atoms with E-state index in [4.69, 9.17) is 14.6 Å². The average molecular weight is 654 g/mol. The van der Waals surface area contributed by atoms with Crippen molar-refractivity contribution in [3.63, 3.8) is 0 Å². The van der Waals surface area contributed by atoms with E-state index in [-0.39, 0.29) is 12.0 Å². The molecule has 4 unspecified atom stereocenters. The lowest BCUT2D eigenvalue weighted by molar-refractivity contribution is -0.484. The first-order valence-corrected chi connectivity index (χ1v) is 11.9. The lowest BCUT2D eigenvalue weighted by Crippen LogP contribution is -2.67. The Morgan fingerprint density at radius 1 is 0.674 bits per heavy atom. The van der Waals surface area contributed by atoms with E-state index < -0.39 is 89.8 Å². The predicted octanol–water partition coefficient (Wildman–Crippen LogP) is 5.77. The largest absolute Gasteiger partial charge is 0.456 e. The monoisotopic (exact) mass is 654 g/mol. The molecule has 43 heavy (non-hydrogen) atoms. The molecule has 19 heteroatoms. The van der Waals surface area contributed by atoms with Gasteiger partial charge in [-0.15, -0.1) is 0 Å². The summed E-state index contributed by atoms with van der Waals surface area (Å²) in [6, 6.07) is 0. The maximum Gasteiger partial charge on any atom is 0.443 e. The fourth-order valence-corrected chi connectivity index (χ4v) is 4.39. The topological polar surface area (TPSA) is 112 Å². The molecule has 2 rings (SSSR count). The molecule has 2 saturated heterocycles. The van der Waals surface area contributed by atoms with Crippen molar-refractivity contribution in [1.82, 2.24) is 0 Å². The normalized spacial score (nSPS) is 32.5. The fraction of sp³-hybridized carbons (Fsp3) is 0.750. The minimum Gasteiger partial charge on any atom is -0.456 e. The van der Waals surface area contributed by atoms with Gasteiger partial charge in [0.15, 0.2) is 0 Å². The van der Waals surface area contributed by atoms with Crippen LogP contribution in [-0.2, 0) is 28.5 Å². The molecular weight excluding hydrogens is 625 g/mol. The van der Waals surface area contributed by atoms with E-state index in [1.54, 1.807) is 0 Å². The highest BCUT2D eigenvalue weighted by Gasteiger charge is 2.75. The first-order valence-electron chi connectivity index (χ1n) is 11.9. The maximum atomic E-state index is 13.3. The zero-order chi connectivity index (χ0) is 34.5. The van der Waals surface area contributed by atoms with Crippen LogP contribution < -0.4 is 0 Å². The number of hydrogen-bond donors (Lipinski definition) is 2. The highest BCUT2D eigenvalue weighted by Crippen LogP contribution is 2.55. The molecule has 4 atom stereocenters. The first-order chi connectivity index (χ1) is 18.6. The number of carbonyl (C=O) groups excluding carboxylic acids is 2. The Hall–Kier alpha value is -2.51. The highest BCUT2D eigenvalue weighted by molar-refractivity contribution is 5.87. The molecule has 0 spiro atoms. The van der Waals surface area contributed by atoms with Gasteiger partial charge in [0.25, 0.3) is 11.6 Å². The van der Waals surface area contributed by atoms with Crippen LogP contribution in [-0.4, -0.2) is 75.2 Å². The molecule has 0 amide bonds. The Balaban J connectivity index is 0.000000434. The van der Waals surface area contributed by atoms with Crippen LogP contribution in [0.25, 0.3) is 0 Å². The van der Waals surface area contributed by atoms with Gasteiger partial charge in [0, 0.05) is 17.6 Å². The Bertz CT molecular complexity index is 1110. The number of esters is 2. The van der Waals surface area contributed by atoms with Gasteiger partial charge in [0.05, 0.1) is 24.9 Å². The molecule has 0 aromatic heterocycles. The summed E-state index contributed by atoms with van der Waals surface area (Å²) in [5.41, 5.74) is -7.70. The standard InChI is InChI=1S/C13H19F3O4.C11H10F8O4/c1-8(2)9(17)19-11(5)6-10(3,4)20-12(18,7-11)13(14,15)16;1-5(2)6(20)22-7(10(14,15)16)3-8(21,11(17,18)19)23-9(12,13)4-7/h18H,1,6-7H2,2-5H3;21H,1,3-4H2,2H3. The summed E-state index contributed by atoms with van der Waals surface area (Å²) in [7, 11) is 0. The molecule has 0 bridgehead atoms. The molecule has 0 radical (unpaired) electrons. The summed E-state index contributed by atoms with van der Waals surface area (Å²) in [6.07, 6.45) is -27.7. The van der Waals surface area contributed by atoms with E-state index in [0.717, 1.165) is 6.92 Å². The molecule has 8 nitrogen and oxygen atoms in total. The molecule has 0 aromatic carbocycles. The van der Waals surface area contributed by atoms with Crippen molar-refractivity contribution in [2.24, 2.45) is 0 Å². The van der Waals surface area contributed by atoms with Crippen LogP contribution in [0.4, 0.5) is 48.3 Å². The lowest BCUT2D eigenvalue weighted by atomic mass is 9.81. The molecule has 2 N–H and O–H groups in total. The van der Waals surface area contributed by atoms with E-state index in [2.05, 4.69) is 22.6 Å². The van der Waals surface area contributed by atoms with Crippen molar-refractivity contribution in [1.29, 1.82) is 0 Å². The Kier molecular flexibility index (Phi) is 10.3. The quantitative estimate of drug-likeness (QED) is 0.224. The van der Waals surface area contributed by atoms with Crippen molar-refractivity contribution in [3.05, 3.63) is 24.3 Å². The van der Waals surface area contributed by atoms with Gasteiger partial charge < -0.3 is 24.4 Å². The van der Waals surface area contributed by atoms with Gasteiger partial charge in [-0.3, -0.25) is 4.74 Å². The first kappa shape index (κ1) is 38.5. The summed E-state index contributed by atoms with van der Waals surface area (Å²) in [4.78, 5) is 22.8.